The predicted octanol–water partition coefficient (Wildman–Crippen LogP) is 4.84. The van der Waals surface area contributed by atoms with Gasteiger partial charge in [0, 0.05) is 10.4 Å². The van der Waals surface area contributed by atoms with Crippen molar-refractivity contribution in [2.45, 2.75) is 13.0 Å². The number of halogens is 2. The van der Waals surface area contributed by atoms with E-state index in [0.29, 0.717) is 10.6 Å². The molecule has 1 heterocycles. The highest BCUT2D eigenvalue weighted by Gasteiger charge is 2.19. The molecule has 0 saturated carbocycles. The van der Waals surface area contributed by atoms with Gasteiger partial charge in [-0.3, -0.25) is 0 Å². The summed E-state index contributed by atoms with van der Waals surface area (Å²) >= 11 is 6.01. The molecule has 0 amide bonds. The smallest absolute Gasteiger partial charge is 0.134 e. The lowest BCUT2D eigenvalue weighted by Crippen LogP contribution is -2.18. The first-order valence-electron chi connectivity index (χ1n) is 6.71. The molecule has 3 aromatic rings. The second kappa shape index (κ2) is 5.51. The van der Waals surface area contributed by atoms with Crippen molar-refractivity contribution in [3.05, 3.63) is 70.2 Å². The number of fused-ring (bicyclic) bond motifs is 1. The molecule has 0 bridgehead atoms. The van der Waals surface area contributed by atoms with E-state index in [0.717, 1.165) is 22.3 Å². The topological polar surface area (TPSA) is 25.2 Å². The van der Waals surface area contributed by atoms with E-state index in [4.69, 9.17) is 16.0 Å². The van der Waals surface area contributed by atoms with Crippen LogP contribution in [0.3, 0.4) is 0 Å². The second-order valence-corrected chi connectivity index (χ2v) is 5.49. The van der Waals surface area contributed by atoms with E-state index in [9.17, 15) is 4.39 Å². The van der Waals surface area contributed by atoms with E-state index >= 15 is 0 Å². The number of benzene rings is 2. The molecule has 1 N–H and O–H groups in total. The van der Waals surface area contributed by atoms with Crippen LogP contribution in [0.25, 0.3) is 11.0 Å². The standard InChI is InChI=1S/C17H15ClFNO/c1-10-7-12(18)3-5-14(10)17(20-2)16-9-11-8-13(19)4-6-15(11)21-16/h3-9,17,20H,1-2H3. The molecule has 1 atom stereocenters. The van der Waals surface area contributed by atoms with Gasteiger partial charge in [-0.15, -0.1) is 0 Å². The zero-order valence-electron chi connectivity index (χ0n) is 11.8. The minimum atomic E-state index is -0.265. The minimum absolute atomic E-state index is 0.0993. The van der Waals surface area contributed by atoms with Crippen molar-refractivity contribution < 1.29 is 8.81 Å². The normalized spacial score (nSPS) is 12.8. The van der Waals surface area contributed by atoms with Crippen molar-refractivity contribution in [2.75, 3.05) is 7.05 Å². The quantitative estimate of drug-likeness (QED) is 0.749. The van der Waals surface area contributed by atoms with Crippen LogP contribution in [0.1, 0.15) is 22.9 Å². The Bertz CT molecular complexity index is 797. The molecule has 2 nitrogen and oxygen atoms in total. The molecule has 1 aromatic heterocycles. The van der Waals surface area contributed by atoms with Crippen LogP contribution < -0.4 is 5.32 Å². The molecule has 2 aromatic carbocycles. The van der Waals surface area contributed by atoms with Crippen molar-refractivity contribution in [3.63, 3.8) is 0 Å². The lowest BCUT2D eigenvalue weighted by Gasteiger charge is -2.16. The van der Waals surface area contributed by atoms with Crippen molar-refractivity contribution >= 4 is 22.6 Å². The molecule has 21 heavy (non-hydrogen) atoms. The number of hydrogen-bond acceptors (Lipinski definition) is 2. The minimum Gasteiger partial charge on any atom is -0.459 e. The van der Waals surface area contributed by atoms with Crippen LogP contribution >= 0.6 is 11.6 Å². The number of aryl methyl sites for hydroxylation is 1. The predicted molar refractivity (Wildman–Crippen MR) is 83.3 cm³/mol. The third-order valence-electron chi connectivity index (χ3n) is 3.61. The Morgan fingerprint density at radius 3 is 2.67 bits per heavy atom. The largest absolute Gasteiger partial charge is 0.459 e. The first-order chi connectivity index (χ1) is 10.1. The Labute approximate surface area is 127 Å². The van der Waals surface area contributed by atoms with Crippen LogP contribution in [-0.4, -0.2) is 7.05 Å². The van der Waals surface area contributed by atoms with Gasteiger partial charge in [-0.1, -0.05) is 17.7 Å². The van der Waals surface area contributed by atoms with E-state index in [1.165, 1.54) is 12.1 Å². The Kier molecular flexibility index (Phi) is 3.70. The van der Waals surface area contributed by atoms with Crippen molar-refractivity contribution in [1.29, 1.82) is 0 Å². The number of nitrogens with one attached hydrogen (secondary N) is 1. The molecule has 4 heteroatoms. The monoisotopic (exact) mass is 303 g/mol. The van der Waals surface area contributed by atoms with Crippen LogP contribution in [0.15, 0.2) is 46.9 Å². The summed E-state index contributed by atoms with van der Waals surface area (Å²) in [6.07, 6.45) is 0. The molecular formula is C17H15ClFNO. The van der Waals surface area contributed by atoms with Gasteiger partial charge in [-0.2, -0.15) is 0 Å². The molecule has 1 unspecified atom stereocenters. The van der Waals surface area contributed by atoms with Gasteiger partial charge in [-0.05, 0) is 61.5 Å². The average Bonchev–Trinajstić information content (AvgIpc) is 2.84. The summed E-state index contributed by atoms with van der Waals surface area (Å²) in [4.78, 5) is 0. The van der Waals surface area contributed by atoms with E-state index < -0.39 is 0 Å². The summed E-state index contributed by atoms with van der Waals surface area (Å²) in [5.74, 6) is 0.488. The van der Waals surface area contributed by atoms with Crippen LogP contribution in [0.2, 0.25) is 5.02 Å². The molecule has 0 aliphatic heterocycles. The zero-order chi connectivity index (χ0) is 15.0. The first-order valence-corrected chi connectivity index (χ1v) is 7.08. The molecule has 0 fully saturated rings. The number of rotatable bonds is 3. The van der Waals surface area contributed by atoms with Gasteiger partial charge in [0.1, 0.15) is 17.2 Å². The molecule has 0 aliphatic carbocycles. The second-order valence-electron chi connectivity index (χ2n) is 5.05. The summed E-state index contributed by atoms with van der Waals surface area (Å²) in [6.45, 7) is 2.01. The summed E-state index contributed by atoms with van der Waals surface area (Å²) in [5, 5.41) is 4.71. The van der Waals surface area contributed by atoms with Gasteiger partial charge >= 0.3 is 0 Å². The number of furan rings is 1. The Balaban J connectivity index is 2.09. The molecule has 3 rings (SSSR count). The van der Waals surface area contributed by atoms with Crippen molar-refractivity contribution in [1.82, 2.24) is 5.32 Å². The lowest BCUT2D eigenvalue weighted by atomic mass is 9.99. The van der Waals surface area contributed by atoms with E-state index in [1.54, 1.807) is 6.07 Å². The highest BCUT2D eigenvalue weighted by molar-refractivity contribution is 6.30. The third-order valence-corrected chi connectivity index (χ3v) is 3.85. The maximum absolute atomic E-state index is 13.3. The highest BCUT2D eigenvalue weighted by Crippen LogP contribution is 2.31. The summed E-state index contributed by atoms with van der Waals surface area (Å²) in [5.41, 5.74) is 2.84. The fourth-order valence-electron chi connectivity index (χ4n) is 2.59. The van der Waals surface area contributed by atoms with Crippen molar-refractivity contribution in [3.8, 4) is 0 Å². The maximum Gasteiger partial charge on any atom is 0.134 e. The summed E-state index contributed by atoms with van der Waals surface area (Å²) < 4.78 is 19.1. The van der Waals surface area contributed by atoms with Crippen LogP contribution in [0.5, 0.6) is 0 Å². The fourth-order valence-corrected chi connectivity index (χ4v) is 2.82. The Hall–Kier alpha value is -1.84. The molecule has 0 spiro atoms. The molecule has 0 aliphatic rings. The summed E-state index contributed by atoms with van der Waals surface area (Å²) in [6, 6.07) is 12.1. The fraction of sp³-hybridized carbons (Fsp3) is 0.176. The van der Waals surface area contributed by atoms with Crippen LogP contribution in [-0.2, 0) is 0 Å². The van der Waals surface area contributed by atoms with Crippen LogP contribution in [0.4, 0.5) is 4.39 Å². The lowest BCUT2D eigenvalue weighted by molar-refractivity contribution is 0.490. The van der Waals surface area contributed by atoms with Gasteiger partial charge < -0.3 is 9.73 Å². The Morgan fingerprint density at radius 1 is 1.14 bits per heavy atom. The third kappa shape index (κ3) is 2.67. The SMILES string of the molecule is CNC(c1cc2cc(F)ccc2o1)c1ccc(Cl)cc1C. The van der Waals surface area contributed by atoms with E-state index in [1.807, 2.05) is 38.2 Å². The van der Waals surface area contributed by atoms with E-state index in [2.05, 4.69) is 5.32 Å². The maximum atomic E-state index is 13.3. The molecule has 0 saturated heterocycles. The molecule has 0 radical (unpaired) electrons. The highest BCUT2D eigenvalue weighted by atomic mass is 35.5. The zero-order valence-corrected chi connectivity index (χ0v) is 12.5. The van der Waals surface area contributed by atoms with Gasteiger partial charge in [0.25, 0.3) is 0 Å². The Morgan fingerprint density at radius 2 is 1.95 bits per heavy atom. The van der Waals surface area contributed by atoms with Crippen LogP contribution in [0, 0.1) is 12.7 Å². The van der Waals surface area contributed by atoms with Gasteiger partial charge in [0.05, 0.1) is 6.04 Å². The molecular weight excluding hydrogens is 289 g/mol. The van der Waals surface area contributed by atoms with Gasteiger partial charge in [0.15, 0.2) is 0 Å². The number of hydrogen-bond donors (Lipinski definition) is 1. The summed E-state index contributed by atoms with van der Waals surface area (Å²) in [7, 11) is 1.87. The van der Waals surface area contributed by atoms with E-state index in [-0.39, 0.29) is 11.9 Å². The average molecular weight is 304 g/mol. The van der Waals surface area contributed by atoms with Gasteiger partial charge in [0.2, 0.25) is 0 Å². The molecule has 108 valence electrons. The van der Waals surface area contributed by atoms with Crippen molar-refractivity contribution in [2.24, 2.45) is 0 Å². The van der Waals surface area contributed by atoms with Gasteiger partial charge in [-0.25, -0.2) is 4.39 Å². The first kappa shape index (κ1) is 14.1.